The highest BCUT2D eigenvalue weighted by Gasteiger charge is 2.32. The van der Waals surface area contributed by atoms with Crippen molar-refractivity contribution in [3.8, 4) is 0 Å². The Morgan fingerprint density at radius 2 is 1.88 bits per heavy atom. The van der Waals surface area contributed by atoms with Gasteiger partial charge in [-0.1, -0.05) is 22.0 Å². The molecule has 4 nitrogen and oxygen atoms in total. The highest BCUT2D eigenvalue weighted by atomic mass is 79.9. The SMILES string of the molecule is O=C(c1cccc(F)c1)N(c1ccc(Br)cc1)C1C=CS(=O)(=O)C1. The molecule has 0 N–H and O–H groups in total. The van der Waals surface area contributed by atoms with Crippen molar-refractivity contribution < 1.29 is 17.6 Å². The van der Waals surface area contributed by atoms with Crippen molar-refractivity contribution in [3.05, 3.63) is 75.9 Å². The number of rotatable bonds is 3. The fourth-order valence-electron chi connectivity index (χ4n) is 2.54. The van der Waals surface area contributed by atoms with Gasteiger partial charge in [0.2, 0.25) is 0 Å². The molecule has 24 heavy (non-hydrogen) atoms. The summed E-state index contributed by atoms with van der Waals surface area (Å²) in [6.45, 7) is 0. The van der Waals surface area contributed by atoms with Crippen LogP contribution in [0.3, 0.4) is 0 Å². The van der Waals surface area contributed by atoms with Gasteiger partial charge in [-0.3, -0.25) is 4.79 Å². The van der Waals surface area contributed by atoms with Gasteiger partial charge in [-0.2, -0.15) is 0 Å². The van der Waals surface area contributed by atoms with Crippen LogP contribution in [-0.4, -0.2) is 26.1 Å². The lowest BCUT2D eigenvalue weighted by Gasteiger charge is -2.28. The molecule has 2 aromatic carbocycles. The Labute approximate surface area is 147 Å². The summed E-state index contributed by atoms with van der Waals surface area (Å²) in [6.07, 6.45) is 1.48. The maximum Gasteiger partial charge on any atom is 0.258 e. The first-order valence-corrected chi connectivity index (χ1v) is 9.62. The van der Waals surface area contributed by atoms with E-state index in [9.17, 15) is 17.6 Å². The molecule has 3 rings (SSSR count). The van der Waals surface area contributed by atoms with Crippen molar-refractivity contribution in [1.82, 2.24) is 0 Å². The molecule has 0 bridgehead atoms. The molecule has 1 heterocycles. The minimum absolute atomic E-state index is 0.163. The van der Waals surface area contributed by atoms with Crippen LogP contribution in [0, 0.1) is 5.82 Å². The molecule has 1 amide bonds. The lowest BCUT2D eigenvalue weighted by Crippen LogP contribution is -2.41. The average Bonchev–Trinajstić information content (AvgIpc) is 2.89. The molecular weight excluding hydrogens is 397 g/mol. The first-order valence-electron chi connectivity index (χ1n) is 7.11. The fraction of sp³-hybridized carbons (Fsp3) is 0.118. The molecule has 1 aliphatic heterocycles. The van der Waals surface area contributed by atoms with Gasteiger partial charge >= 0.3 is 0 Å². The summed E-state index contributed by atoms with van der Waals surface area (Å²) in [6, 6.07) is 11.6. The summed E-state index contributed by atoms with van der Waals surface area (Å²) in [7, 11) is -3.34. The molecule has 124 valence electrons. The molecule has 1 unspecified atom stereocenters. The number of hydrogen-bond donors (Lipinski definition) is 0. The molecular formula is C17H13BrFNO3S. The van der Waals surface area contributed by atoms with E-state index < -0.39 is 27.6 Å². The number of benzene rings is 2. The summed E-state index contributed by atoms with van der Waals surface area (Å²) in [5, 5.41) is 1.11. The van der Waals surface area contributed by atoms with Gasteiger partial charge in [-0.05, 0) is 48.5 Å². The normalized spacial score (nSPS) is 18.5. The Kier molecular flexibility index (Phi) is 4.56. The Morgan fingerprint density at radius 3 is 2.46 bits per heavy atom. The van der Waals surface area contributed by atoms with Crippen molar-refractivity contribution in [2.75, 3.05) is 10.7 Å². The number of hydrogen-bond acceptors (Lipinski definition) is 3. The zero-order valence-electron chi connectivity index (χ0n) is 12.4. The molecule has 0 saturated heterocycles. The number of nitrogens with zero attached hydrogens (tertiary/aromatic N) is 1. The van der Waals surface area contributed by atoms with Crippen LogP contribution in [0.1, 0.15) is 10.4 Å². The van der Waals surface area contributed by atoms with Crippen molar-refractivity contribution in [1.29, 1.82) is 0 Å². The van der Waals surface area contributed by atoms with Crippen molar-refractivity contribution in [2.45, 2.75) is 6.04 Å². The molecule has 2 aromatic rings. The van der Waals surface area contributed by atoms with Gasteiger partial charge in [-0.25, -0.2) is 12.8 Å². The largest absolute Gasteiger partial charge is 0.300 e. The standard InChI is InChI=1S/C17H13BrFNO3S/c18-13-4-6-15(7-5-13)20(16-8-9-24(22,23)11-16)17(21)12-2-1-3-14(19)10-12/h1-10,16H,11H2. The molecule has 0 aliphatic carbocycles. The zero-order valence-corrected chi connectivity index (χ0v) is 14.8. The van der Waals surface area contributed by atoms with Crippen LogP contribution in [-0.2, 0) is 9.84 Å². The predicted molar refractivity (Wildman–Crippen MR) is 94.1 cm³/mol. The molecule has 0 aromatic heterocycles. The smallest absolute Gasteiger partial charge is 0.258 e. The van der Waals surface area contributed by atoms with Gasteiger partial charge in [-0.15, -0.1) is 0 Å². The molecule has 7 heteroatoms. The number of halogens is 2. The second kappa shape index (κ2) is 6.49. The topological polar surface area (TPSA) is 54.5 Å². The number of carbonyl (C=O) groups is 1. The van der Waals surface area contributed by atoms with E-state index in [-0.39, 0.29) is 11.3 Å². The van der Waals surface area contributed by atoms with E-state index in [1.54, 1.807) is 24.3 Å². The first kappa shape index (κ1) is 16.9. The summed E-state index contributed by atoms with van der Waals surface area (Å²) < 4.78 is 37.8. The molecule has 0 spiro atoms. The molecule has 1 aliphatic rings. The summed E-state index contributed by atoms with van der Waals surface area (Å²) in [5.74, 6) is -1.17. The Morgan fingerprint density at radius 1 is 1.17 bits per heavy atom. The number of amides is 1. The quantitative estimate of drug-likeness (QED) is 0.778. The predicted octanol–water partition coefficient (Wildman–Crippen LogP) is 3.55. The van der Waals surface area contributed by atoms with Gasteiger partial charge in [0.25, 0.3) is 5.91 Å². The maximum atomic E-state index is 13.5. The third-order valence-electron chi connectivity index (χ3n) is 3.64. The van der Waals surface area contributed by atoms with Crippen LogP contribution < -0.4 is 4.90 Å². The molecule has 0 saturated carbocycles. The average molecular weight is 410 g/mol. The first-order chi connectivity index (χ1) is 11.4. The third kappa shape index (κ3) is 3.57. The maximum absolute atomic E-state index is 13.5. The minimum atomic E-state index is -3.34. The third-order valence-corrected chi connectivity index (χ3v) is 5.54. The lowest BCUT2D eigenvalue weighted by atomic mass is 10.1. The van der Waals surface area contributed by atoms with E-state index in [2.05, 4.69) is 15.9 Å². The highest BCUT2D eigenvalue weighted by molar-refractivity contribution is 9.10. The van der Waals surface area contributed by atoms with Gasteiger partial charge in [0.1, 0.15) is 5.82 Å². The van der Waals surface area contributed by atoms with E-state index >= 15 is 0 Å². The van der Waals surface area contributed by atoms with E-state index in [4.69, 9.17) is 0 Å². The second-order valence-electron chi connectivity index (χ2n) is 5.39. The van der Waals surface area contributed by atoms with Crippen molar-refractivity contribution >= 4 is 37.4 Å². The van der Waals surface area contributed by atoms with Crippen molar-refractivity contribution in [2.24, 2.45) is 0 Å². The Hall–Kier alpha value is -1.99. The fourth-order valence-corrected chi connectivity index (χ4v) is 4.07. The van der Waals surface area contributed by atoms with Gasteiger partial charge in [0.15, 0.2) is 9.84 Å². The van der Waals surface area contributed by atoms with E-state index in [1.807, 2.05) is 0 Å². The van der Waals surface area contributed by atoms with E-state index in [1.165, 1.54) is 29.2 Å². The number of sulfone groups is 1. The Bertz CT molecular complexity index is 910. The minimum Gasteiger partial charge on any atom is -0.300 e. The van der Waals surface area contributed by atoms with Crippen LogP contribution in [0.4, 0.5) is 10.1 Å². The van der Waals surface area contributed by atoms with Gasteiger partial charge < -0.3 is 4.90 Å². The highest BCUT2D eigenvalue weighted by Crippen LogP contribution is 2.26. The van der Waals surface area contributed by atoms with Crippen LogP contribution in [0.5, 0.6) is 0 Å². The number of carbonyl (C=O) groups excluding carboxylic acids is 1. The van der Waals surface area contributed by atoms with Crippen LogP contribution >= 0.6 is 15.9 Å². The van der Waals surface area contributed by atoms with Gasteiger partial charge in [0.05, 0.1) is 11.8 Å². The Balaban J connectivity index is 2.03. The van der Waals surface area contributed by atoms with Gasteiger partial charge in [0, 0.05) is 21.1 Å². The zero-order chi connectivity index (χ0) is 17.3. The summed E-state index contributed by atoms with van der Waals surface area (Å²) in [4.78, 5) is 14.3. The monoisotopic (exact) mass is 409 g/mol. The molecule has 1 atom stereocenters. The van der Waals surface area contributed by atoms with Crippen molar-refractivity contribution in [3.63, 3.8) is 0 Å². The summed E-state index contributed by atoms with van der Waals surface area (Å²) >= 11 is 3.32. The van der Waals surface area contributed by atoms with E-state index in [0.29, 0.717) is 5.69 Å². The summed E-state index contributed by atoms with van der Waals surface area (Å²) in [5.41, 5.74) is 0.704. The van der Waals surface area contributed by atoms with Crippen LogP contribution in [0.25, 0.3) is 0 Å². The van der Waals surface area contributed by atoms with Crippen LogP contribution in [0.2, 0.25) is 0 Å². The van der Waals surface area contributed by atoms with E-state index in [0.717, 1.165) is 15.9 Å². The lowest BCUT2D eigenvalue weighted by molar-refractivity contribution is 0.0982. The number of anilines is 1. The molecule has 0 fully saturated rings. The second-order valence-corrected chi connectivity index (χ2v) is 8.23. The molecule has 0 radical (unpaired) electrons. The van der Waals surface area contributed by atoms with Crippen LogP contribution in [0.15, 0.2) is 64.5 Å².